The van der Waals surface area contributed by atoms with E-state index < -0.39 is 5.82 Å². The number of amides is 1. The van der Waals surface area contributed by atoms with Gasteiger partial charge in [0, 0.05) is 30.0 Å². The number of hydrogen-bond donors (Lipinski definition) is 2. The molecule has 0 bridgehead atoms. The van der Waals surface area contributed by atoms with Crippen LogP contribution in [-0.4, -0.2) is 21.5 Å². The number of nitrogens with two attached hydrogens (primary N) is 1. The highest BCUT2D eigenvalue weighted by Crippen LogP contribution is 2.25. The molecule has 2 aromatic rings. The maximum Gasteiger partial charge on any atom is 0.227 e. The van der Waals surface area contributed by atoms with Crippen LogP contribution in [0.5, 0.6) is 0 Å². The smallest absolute Gasteiger partial charge is 0.227 e. The predicted molar refractivity (Wildman–Crippen MR) is 82.1 cm³/mol. The van der Waals surface area contributed by atoms with Gasteiger partial charge in [-0.2, -0.15) is 0 Å². The fourth-order valence-corrected chi connectivity index (χ4v) is 2.91. The van der Waals surface area contributed by atoms with Crippen LogP contribution >= 0.6 is 0 Å². The Balaban J connectivity index is 1.70. The number of nitrogens with zero attached hydrogens (tertiary/aromatic N) is 2. The fraction of sp³-hybridized carbons (Fsp3) is 0.375. The number of rotatable bonds is 3. The van der Waals surface area contributed by atoms with Gasteiger partial charge in [0.05, 0.1) is 12.0 Å². The fourth-order valence-electron chi connectivity index (χ4n) is 2.91. The number of halogens is 1. The molecular formula is C16H19FN4O. The second-order valence-electron chi connectivity index (χ2n) is 5.75. The molecule has 3 rings (SSSR count). The summed E-state index contributed by atoms with van der Waals surface area (Å²) in [5.74, 6) is -0.568. The van der Waals surface area contributed by atoms with E-state index in [4.69, 9.17) is 5.73 Å². The highest BCUT2D eigenvalue weighted by atomic mass is 19.1. The molecule has 1 amide bonds. The van der Waals surface area contributed by atoms with Crippen LogP contribution in [0.15, 0.2) is 36.9 Å². The number of carbonyl (C=O) groups excluding carboxylic acids is 1. The Morgan fingerprint density at radius 2 is 2.27 bits per heavy atom. The summed E-state index contributed by atoms with van der Waals surface area (Å²) in [6.07, 6.45) is 8.25. The van der Waals surface area contributed by atoms with Gasteiger partial charge in [-0.05, 0) is 37.5 Å². The third-order valence-electron chi connectivity index (χ3n) is 4.08. The average Bonchev–Trinajstić information content (AvgIpc) is 3.01. The Hall–Kier alpha value is -2.21. The van der Waals surface area contributed by atoms with Crippen LogP contribution in [0.2, 0.25) is 0 Å². The summed E-state index contributed by atoms with van der Waals surface area (Å²) < 4.78 is 15.7. The molecule has 0 saturated heterocycles. The van der Waals surface area contributed by atoms with Gasteiger partial charge >= 0.3 is 0 Å². The van der Waals surface area contributed by atoms with E-state index >= 15 is 0 Å². The molecule has 1 aliphatic carbocycles. The van der Waals surface area contributed by atoms with Crippen molar-refractivity contribution in [2.75, 3.05) is 5.32 Å². The first-order valence-corrected chi connectivity index (χ1v) is 7.48. The lowest BCUT2D eigenvalue weighted by molar-refractivity contribution is -0.120. The van der Waals surface area contributed by atoms with Gasteiger partial charge in [0.1, 0.15) is 5.82 Å². The first-order valence-electron chi connectivity index (χ1n) is 7.48. The third kappa shape index (κ3) is 3.17. The highest BCUT2D eigenvalue weighted by molar-refractivity contribution is 5.92. The van der Waals surface area contributed by atoms with E-state index in [-0.39, 0.29) is 17.9 Å². The molecule has 1 aromatic heterocycles. The van der Waals surface area contributed by atoms with Crippen molar-refractivity contribution >= 4 is 11.6 Å². The third-order valence-corrected chi connectivity index (χ3v) is 4.08. The molecule has 1 aliphatic rings. The van der Waals surface area contributed by atoms with Gasteiger partial charge in [-0.1, -0.05) is 6.42 Å². The second kappa shape index (κ2) is 6.27. The van der Waals surface area contributed by atoms with E-state index in [0.717, 1.165) is 19.3 Å². The molecule has 0 radical (unpaired) electrons. The van der Waals surface area contributed by atoms with E-state index in [1.165, 1.54) is 12.4 Å². The Morgan fingerprint density at radius 3 is 2.95 bits per heavy atom. The molecule has 5 nitrogen and oxygen atoms in total. The highest BCUT2D eigenvalue weighted by Gasteiger charge is 2.25. The van der Waals surface area contributed by atoms with Gasteiger partial charge in [0.15, 0.2) is 0 Å². The normalized spacial score (nSPS) is 21.5. The molecule has 1 heterocycles. The zero-order valence-electron chi connectivity index (χ0n) is 12.2. The van der Waals surface area contributed by atoms with Gasteiger partial charge in [-0.25, -0.2) is 9.37 Å². The lowest BCUT2D eigenvalue weighted by atomic mass is 9.85. The zero-order valence-corrected chi connectivity index (χ0v) is 12.2. The second-order valence-corrected chi connectivity index (χ2v) is 5.75. The Morgan fingerprint density at radius 1 is 1.41 bits per heavy atom. The van der Waals surface area contributed by atoms with Gasteiger partial charge in [0.25, 0.3) is 0 Å². The molecule has 1 aromatic carbocycles. The van der Waals surface area contributed by atoms with Crippen molar-refractivity contribution in [3.63, 3.8) is 0 Å². The molecule has 2 unspecified atom stereocenters. The zero-order chi connectivity index (χ0) is 15.5. The number of aromatic nitrogens is 2. The Kier molecular flexibility index (Phi) is 4.20. The van der Waals surface area contributed by atoms with E-state index in [2.05, 4.69) is 10.3 Å². The number of anilines is 1. The first-order chi connectivity index (χ1) is 10.6. The predicted octanol–water partition coefficient (Wildman–Crippen LogP) is 2.47. The number of carbonyl (C=O) groups is 1. The summed E-state index contributed by atoms with van der Waals surface area (Å²) in [5, 5.41) is 2.79. The molecule has 1 fully saturated rings. The van der Waals surface area contributed by atoms with Gasteiger partial charge in [-0.15, -0.1) is 0 Å². The quantitative estimate of drug-likeness (QED) is 0.914. The monoisotopic (exact) mass is 302 g/mol. The molecular weight excluding hydrogens is 283 g/mol. The van der Waals surface area contributed by atoms with Crippen LogP contribution in [-0.2, 0) is 4.79 Å². The van der Waals surface area contributed by atoms with Crippen molar-refractivity contribution in [1.82, 2.24) is 9.55 Å². The maximum absolute atomic E-state index is 14.1. The number of hydrogen-bond acceptors (Lipinski definition) is 3. The van der Waals surface area contributed by atoms with Crippen molar-refractivity contribution in [2.24, 2.45) is 11.7 Å². The lowest BCUT2D eigenvalue weighted by Crippen LogP contribution is -2.34. The van der Waals surface area contributed by atoms with Crippen LogP contribution in [0.1, 0.15) is 25.7 Å². The summed E-state index contributed by atoms with van der Waals surface area (Å²) in [7, 11) is 0. The number of benzene rings is 1. The van der Waals surface area contributed by atoms with Crippen LogP contribution in [0.25, 0.3) is 5.69 Å². The van der Waals surface area contributed by atoms with Crippen molar-refractivity contribution < 1.29 is 9.18 Å². The van der Waals surface area contributed by atoms with Gasteiger partial charge in [-0.3, -0.25) is 4.79 Å². The van der Waals surface area contributed by atoms with Crippen LogP contribution in [0, 0.1) is 11.7 Å². The van der Waals surface area contributed by atoms with Crippen LogP contribution in [0.4, 0.5) is 10.1 Å². The van der Waals surface area contributed by atoms with Gasteiger partial charge in [0.2, 0.25) is 5.91 Å². The minimum absolute atomic E-state index is 0.0788. The van der Waals surface area contributed by atoms with E-state index in [1.807, 2.05) is 0 Å². The molecule has 0 spiro atoms. The molecule has 3 N–H and O–H groups in total. The molecule has 116 valence electrons. The largest absolute Gasteiger partial charge is 0.328 e. The molecule has 2 atom stereocenters. The Bertz CT molecular complexity index is 656. The SMILES string of the molecule is NC1CCCC(C(=O)Nc2ccc(-n3ccnc3)c(F)c2)C1. The molecule has 0 aliphatic heterocycles. The molecule has 22 heavy (non-hydrogen) atoms. The average molecular weight is 302 g/mol. The Labute approximate surface area is 128 Å². The summed E-state index contributed by atoms with van der Waals surface area (Å²) in [6, 6.07) is 4.73. The first kappa shape index (κ1) is 14.7. The summed E-state index contributed by atoms with van der Waals surface area (Å²) >= 11 is 0. The van der Waals surface area contributed by atoms with Crippen LogP contribution < -0.4 is 11.1 Å². The number of imidazole rings is 1. The molecule has 6 heteroatoms. The van der Waals surface area contributed by atoms with Crippen molar-refractivity contribution in [3.05, 3.63) is 42.7 Å². The topological polar surface area (TPSA) is 72.9 Å². The van der Waals surface area contributed by atoms with E-state index in [9.17, 15) is 9.18 Å². The van der Waals surface area contributed by atoms with E-state index in [1.54, 1.807) is 29.1 Å². The van der Waals surface area contributed by atoms with Crippen LogP contribution in [0.3, 0.4) is 0 Å². The van der Waals surface area contributed by atoms with E-state index in [0.29, 0.717) is 17.8 Å². The minimum Gasteiger partial charge on any atom is -0.328 e. The lowest BCUT2D eigenvalue weighted by Gasteiger charge is -2.25. The minimum atomic E-state index is -0.406. The number of nitrogens with one attached hydrogen (secondary N) is 1. The maximum atomic E-state index is 14.1. The standard InChI is InChI=1S/C16H19FN4O/c17-14-9-13(4-5-15(14)21-7-6-19-10-21)20-16(22)11-2-1-3-12(18)8-11/h4-7,9-12H,1-3,8,18H2,(H,20,22). The summed E-state index contributed by atoms with van der Waals surface area (Å²) in [6.45, 7) is 0. The summed E-state index contributed by atoms with van der Waals surface area (Å²) in [4.78, 5) is 16.1. The van der Waals surface area contributed by atoms with Gasteiger partial charge < -0.3 is 15.6 Å². The van der Waals surface area contributed by atoms with Crippen molar-refractivity contribution in [1.29, 1.82) is 0 Å². The summed E-state index contributed by atoms with van der Waals surface area (Å²) in [5.41, 5.74) is 6.77. The van der Waals surface area contributed by atoms with Crippen molar-refractivity contribution in [3.8, 4) is 5.69 Å². The van der Waals surface area contributed by atoms with Crippen molar-refractivity contribution in [2.45, 2.75) is 31.7 Å². The molecule has 1 saturated carbocycles.